The molecule has 0 spiro atoms. The Morgan fingerprint density at radius 2 is 0.852 bits per heavy atom. The molecular weight excluding hydrogens is 803 g/mol. The van der Waals surface area contributed by atoms with E-state index in [4.69, 9.17) is 18.5 Å². The fraction of sp³-hybridized carbons (Fsp3) is 0.872. The van der Waals surface area contributed by atoms with Gasteiger partial charge in [0.1, 0.15) is 43.2 Å². The molecule has 1 aliphatic carbocycles. The molecule has 0 bridgehead atoms. The van der Waals surface area contributed by atoms with Gasteiger partial charge < -0.3 is 39.9 Å². The lowest BCUT2D eigenvalue weighted by Gasteiger charge is -2.41. The van der Waals surface area contributed by atoms with E-state index in [1.165, 1.54) is 103 Å². The third-order valence-corrected chi connectivity index (χ3v) is 12.3. The lowest BCUT2D eigenvalue weighted by Crippen LogP contribution is -2.64. The van der Waals surface area contributed by atoms with Gasteiger partial charge in [0.2, 0.25) is 0 Å². The molecule has 0 amide bonds. The van der Waals surface area contributed by atoms with Crippen LogP contribution in [0.15, 0.2) is 24.3 Å². The van der Waals surface area contributed by atoms with Crippen LogP contribution >= 0.6 is 7.82 Å². The second kappa shape index (κ2) is 37.7. The van der Waals surface area contributed by atoms with Crippen LogP contribution in [-0.4, -0.2) is 98.3 Å². The molecule has 14 heteroatoms. The highest BCUT2D eigenvalue weighted by Gasteiger charge is 2.51. The van der Waals surface area contributed by atoms with Gasteiger partial charge in [-0.15, -0.1) is 0 Å². The van der Waals surface area contributed by atoms with Crippen molar-refractivity contribution < 1.29 is 63.1 Å². The molecule has 61 heavy (non-hydrogen) atoms. The summed E-state index contributed by atoms with van der Waals surface area (Å²) in [7, 11) is -5.12. The van der Waals surface area contributed by atoms with Crippen LogP contribution in [0.25, 0.3) is 0 Å². The molecule has 0 heterocycles. The fourth-order valence-corrected chi connectivity index (χ4v) is 8.29. The molecule has 0 aromatic carbocycles. The summed E-state index contributed by atoms with van der Waals surface area (Å²) >= 11 is 0. The lowest BCUT2D eigenvalue weighted by atomic mass is 9.85. The second-order valence-electron chi connectivity index (χ2n) is 17.0. The van der Waals surface area contributed by atoms with Gasteiger partial charge in [0.15, 0.2) is 6.10 Å². The largest absolute Gasteiger partial charge is 0.472 e. The number of ether oxygens (including phenoxy) is 2. The summed E-state index contributed by atoms with van der Waals surface area (Å²) in [6.07, 6.45) is 28.0. The van der Waals surface area contributed by atoms with Gasteiger partial charge in [-0.3, -0.25) is 18.6 Å². The minimum absolute atomic E-state index is 0.0953. The molecule has 0 saturated heterocycles. The van der Waals surface area contributed by atoms with Gasteiger partial charge in [-0.05, 0) is 57.8 Å². The van der Waals surface area contributed by atoms with Gasteiger partial charge in [0.05, 0.1) is 6.61 Å². The van der Waals surface area contributed by atoms with Crippen LogP contribution in [0.1, 0.15) is 206 Å². The number of carbonyl (C=O) groups is 2. The van der Waals surface area contributed by atoms with Crippen molar-refractivity contribution in [2.75, 3.05) is 13.2 Å². The van der Waals surface area contributed by atoms with E-state index in [-0.39, 0.29) is 12.8 Å². The first-order valence-corrected chi connectivity index (χ1v) is 25.6. The van der Waals surface area contributed by atoms with Gasteiger partial charge in [-0.2, -0.15) is 0 Å². The number of esters is 2. The molecule has 8 atom stereocenters. The van der Waals surface area contributed by atoms with Crippen LogP contribution in [-0.2, 0) is 32.7 Å². The van der Waals surface area contributed by atoms with Gasteiger partial charge in [-0.25, -0.2) is 4.57 Å². The van der Waals surface area contributed by atoms with Crippen LogP contribution in [0.3, 0.4) is 0 Å². The minimum Gasteiger partial charge on any atom is -0.462 e. The van der Waals surface area contributed by atoms with Crippen molar-refractivity contribution in [1.29, 1.82) is 0 Å². The van der Waals surface area contributed by atoms with E-state index in [1.54, 1.807) is 0 Å². The number of phosphoric acid groups is 1. The quantitative estimate of drug-likeness (QED) is 0.0147. The molecule has 1 fully saturated rings. The van der Waals surface area contributed by atoms with E-state index in [1.807, 2.05) is 0 Å². The summed E-state index contributed by atoms with van der Waals surface area (Å²) < 4.78 is 33.6. The first kappa shape index (κ1) is 57.3. The molecule has 13 nitrogen and oxygen atoms in total. The maximum Gasteiger partial charge on any atom is 0.472 e. The summed E-state index contributed by atoms with van der Waals surface area (Å²) in [6, 6.07) is 0. The Morgan fingerprint density at radius 1 is 0.492 bits per heavy atom. The molecule has 0 aromatic rings. The summed E-state index contributed by atoms with van der Waals surface area (Å²) in [5.74, 6) is -1.10. The fourth-order valence-electron chi connectivity index (χ4n) is 7.32. The number of aliphatic hydroxyl groups is 5. The van der Waals surface area contributed by atoms with Gasteiger partial charge in [-0.1, -0.05) is 160 Å². The zero-order valence-corrected chi connectivity index (χ0v) is 38.9. The van der Waals surface area contributed by atoms with Crippen molar-refractivity contribution in [3.05, 3.63) is 24.3 Å². The van der Waals surface area contributed by atoms with Crippen molar-refractivity contribution in [2.45, 2.75) is 249 Å². The molecular formula is C47H87O13P. The first-order chi connectivity index (χ1) is 29.4. The van der Waals surface area contributed by atoms with Crippen LogP contribution in [0.5, 0.6) is 0 Å². The highest BCUT2D eigenvalue weighted by Crippen LogP contribution is 2.47. The highest BCUT2D eigenvalue weighted by atomic mass is 31.2. The number of hydrogen-bond acceptors (Lipinski definition) is 12. The summed E-state index contributed by atoms with van der Waals surface area (Å²) in [6.45, 7) is 3.27. The average molecular weight is 891 g/mol. The number of allylic oxidation sites excluding steroid dienone is 4. The standard InChI is InChI=1S/C47H87O13P/c1-3-5-7-9-11-13-15-17-19-20-22-23-25-27-29-31-33-35-40(48)57-37-39(38-58-61(55,56)60-47-45(53)43(51)42(50)44(52)46(47)54)59-41(49)36-34-32-30-28-26-24-21-18-16-14-12-10-8-6-4-2/h10,12,17,19,39,42-47,50-54H,3-9,11,13-16,18,20-38H2,1-2H3,(H,55,56)/b12-10+,19-17+/t39-,42?,43-,44?,45?,46?,47?/m0/s1. The van der Waals surface area contributed by atoms with E-state index in [0.717, 1.165) is 64.2 Å². The molecule has 1 aliphatic rings. The zero-order chi connectivity index (χ0) is 45.0. The van der Waals surface area contributed by atoms with Gasteiger partial charge in [0, 0.05) is 12.8 Å². The number of aliphatic hydroxyl groups excluding tert-OH is 5. The SMILES string of the molecule is CCCC/C=C/CCCCCCCCCCCC(=O)O[C@@H](COC(=O)CCCCCCCCC/C=C/CCCCCCCC)COP(=O)(O)OC1C(O)C(O)C(O)[C@H](O)C1O. The van der Waals surface area contributed by atoms with Crippen LogP contribution in [0, 0.1) is 0 Å². The molecule has 0 radical (unpaired) electrons. The Bertz CT molecular complexity index is 1170. The van der Waals surface area contributed by atoms with E-state index in [2.05, 4.69) is 38.2 Å². The summed E-state index contributed by atoms with van der Waals surface area (Å²) in [5, 5.41) is 50.2. The molecule has 6 unspecified atom stereocenters. The molecule has 6 N–H and O–H groups in total. The Balaban J connectivity index is 2.43. The van der Waals surface area contributed by atoms with Gasteiger partial charge in [0.25, 0.3) is 0 Å². The smallest absolute Gasteiger partial charge is 0.462 e. The van der Waals surface area contributed by atoms with Crippen molar-refractivity contribution >= 4 is 19.8 Å². The topological polar surface area (TPSA) is 210 Å². The Kier molecular flexibility index (Phi) is 35.4. The average Bonchev–Trinajstić information content (AvgIpc) is 3.24. The first-order valence-electron chi connectivity index (χ1n) is 24.1. The lowest BCUT2D eigenvalue weighted by molar-refractivity contribution is -0.220. The third-order valence-electron chi connectivity index (χ3n) is 11.3. The Labute approximate surface area is 368 Å². The van der Waals surface area contributed by atoms with Crippen LogP contribution in [0.4, 0.5) is 0 Å². The summed E-state index contributed by atoms with van der Waals surface area (Å²) in [5.41, 5.74) is 0. The molecule has 0 aromatic heterocycles. The van der Waals surface area contributed by atoms with Crippen molar-refractivity contribution in [1.82, 2.24) is 0 Å². The number of unbranched alkanes of at least 4 members (excludes halogenated alkanes) is 24. The monoisotopic (exact) mass is 891 g/mol. The maximum atomic E-state index is 12.8. The van der Waals surface area contributed by atoms with Crippen molar-refractivity contribution in [2.24, 2.45) is 0 Å². The maximum absolute atomic E-state index is 12.8. The molecule has 1 saturated carbocycles. The van der Waals surface area contributed by atoms with E-state index in [0.29, 0.717) is 12.8 Å². The van der Waals surface area contributed by atoms with E-state index in [9.17, 15) is 44.6 Å². The minimum atomic E-state index is -5.12. The third kappa shape index (κ3) is 30.2. The van der Waals surface area contributed by atoms with Crippen LogP contribution < -0.4 is 0 Å². The molecule has 1 rings (SSSR count). The number of rotatable bonds is 40. The Morgan fingerprint density at radius 3 is 1.30 bits per heavy atom. The summed E-state index contributed by atoms with van der Waals surface area (Å²) in [4.78, 5) is 35.7. The molecule has 358 valence electrons. The van der Waals surface area contributed by atoms with Crippen molar-refractivity contribution in [3.8, 4) is 0 Å². The number of hydrogen-bond donors (Lipinski definition) is 6. The highest BCUT2D eigenvalue weighted by molar-refractivity contribution is 7.47. The second-order valence-corrected chi connectivity index (χ2v) is 18.4. The number of phosphoric ester groups is 1. The van der Waals surface area contributed by atoms with E-state index >= 15 is 0 Å². The molecule has 0 aliphatic heterocycles. The van der Waals surface area contributed by atoms with E-state index < -0.39 is 75.7 Å². The predicted molar refractivity (Wildman–Crippen MR) is 240 cm³/mol. The van der Waals surface area contributed by atoms with Crippen molar-refractivity contribution in [3.63, 3.8) is 0 Å². The van der Waals surface area contributed by atoms with Gasteiger partial charge >= 0.3 is 19.8 Å². The predicted octanol–water partition coefficient (Wildman–Crippen LogP) is 9.62. The van der Waals surface area contributed by atoms with Crippen LogP contribution in [0.2, 0.25) is 0 Å². The number of carbonyl (C=O) groups excluding carboxylic acids is 2. The zero-order valence-electron chi connectivity index (χ0n) is 38.0. The Hall–Kier alpha value is -1.67. The normalized spacial score (nSPS) is 22.2.